The molecule has 1 aromatic heterocycles. The zero-order valence-corrected chi connectivity index (χ0v) is 13.7. The first kappa shape index (κ1) is 16.9. The largest absolute Gasteiger partial charge is 0.325 e. The molecule has 8 nitrogen and oxygen atoms in total. The van der Waals surface area contributed by atoms with Gasteiger partial charge < -0.3 is 9.88 Å². The number of anilines is 1. The van der Waals surface area contributed by atoms with Crippen molar-refractivity contribution >= 4 is 29.0 Å². The van der Waals surface area contributed by atoms with Crippen molar-refractivity contribution in [2.24, 2.45) is 0 Å². The lowest BCUT2D eigenvalue weighted by molar-refractivity contribution is -0.384. The second-order valence-electron chi connectivity index (χ2n) is 4.83. The standard InChI is InChI=1S/C14H17N5O3S/c1-3-7-18-10(2)16-17-14(18)23-9-13(20)15-11-5-4-6-12(8-11)19(21)22/h4-6,8H,3,7,9H2,1-2H3,(H,15,20). The van der Waals surface area contributed by atoms with Crippen LogP contribution in [0.1, 0.15) is 19.2 Å². The van der Waals surface area contributed by atoms with Crippen LogP contribution in [0.4, 0.5) is 11.4 Å². The van der Waals surface area contributed by atoms with Crippen LogP contribution >= 0.6 is 11.8 Å². The van der Waals surface area contributed by atoms with Crippen LogP contribution in [0.5, 0.6) is 0 Å². The van der Waals surface area contributed by atoms with E-state index >= 15 is 0 Å². The molecule has 0 aliphatic carbocycles. The zero-order valence-electron chi connectivity index (χ0n) is 12.9. The number of amides is 1. The molecule has 122 valence electrons. The van der Waals surface area contributed by atoms with Gasteiger partial charge in [0.25, 0.3) is 5.69 Å². The number of thioether (sulfide) groups is 1. The van der Waals surface area contributed by atoms with E-state index in [1.54, 1.807) is 6.07 Å². The van der Waals surface area contributed by atoms with E-state index in [4.69, 9.17) is 0 Å². The number of carbonyl (C=O) groups excluding carboxylic acids is 1. The number of non-ortho nitro benzene ring substituents is 1. The molecule has 1 N–H and O–H groups in total. The molecule has 1 amide bonds. The van der Waals surface area contributed by atoms with Crippen LogP contribution in [-0.4, -0.2) is 31.3 Å². The van der Waals surface area contributed by atoms with Crippen molar-refractivity contribution in [3.8, 4) is 0 Å². The van der Waals surface area contributed by atoms with Gasteiger partial charge >= 0.3 is 0 Å². The van der Waals surface area contributed by atoms with E-state index < -0.39 is 4.92 Å². The molecule has 0 fully saturated rings. The van der Waals surface area contributed by atoms with Gasteiger partial charge in [0, 0.05) is 24.4 Å². The highest BCUT2D eigenvalue weighted by atomic mass is 32.2. The van der Waals surface area contributed by atoms with Gasteiger partial charge in [0.05, 0.1) is 10.7 Å². The van der Waals surface area contributed by atoms with Crippen molar-refractivity contribution in [2.75, 3.05) is 11.1 Å². The third-order valence-electron chi connectivity index (χ3n) is 3.02. The van der Waals surface area contributed by atoms with E-state index in [-0.39, 0.29) is 17.3 Å². The Kier molecular flexibility index (Phi) is 5.69. The topological polar surface area (TPSA) is 103 Å². The highest BCUT2D eigenvalue weighted by Gasteiger charge is 2.12. The van der Waals surface area contributed by atoms with E-state index in [1.165, 1.54) is 30.0 Å². The van der Waals surface area contributed by atoms with Crippen LogP contribution in [0.15, 0.2) is 29.4 Å². The molecule has 0 aliphatic heterocycles. The van der Waals surface area contributed by atoms with Crippen LogP contribution in [0, 0.1) is 17.0 Å². The third kappa shape index (κ3) is 4.52. The number of nitrogens with zero attached hydrogens (tertiary/aromatic N) is 4. The van der Waals surface area contributed by atoms with Crippen molar-refractivity contribution < 1.29 is 9.72 Å². The molecule has 0 atom stereocenters. The molecule has 0 bridgehead atoms. The minimum absolute atomic E-state index is 0.0613. The molecule has 0 unspecified atom stereocenters. The molecule has 9 heteroatoms. The maximum Gasteiger partial charge on any atom is 0.271 e. The first-order chi connectivity index (χ1) is 11.0. The number of nitrogens with one attached hydrogen (secondary N) is 1. The Morgan fingerprint density at radius 2 is 2.22 bits per heavy atom. The molecule has 1 heterocycles. The summed E-state index contributed by atoms with van der Waals surface area (Å²) in [5.41, 5.74) is 0.338. The fourth-order valence-corrected chi connectivity index (χ4v) is 2.78. The first-order valence-electron chi connectivity index (χ1n) is 7.08. The Morgan fingerprint density at radius 1 is 1.43 bits per heavy atom. The maximum atomic E-state index is 12.0. The lowest BCUT2D eigenvalue weighted by Gasteiger charge is -2.07. The summed E-state index contributed by atoms with van der Waals surface area (Å²) in [6.07, 6.45) is 0.951. The lowest BCUT2D eigenvalue weighted by Crippen LogP contribution is -2.14. The van der Waals surface area contributed by atoms with Gasteiger partial charge in [0.2, 0.25) is 5.91 Å². The summed E-state index contributed by atoms with van der Waals surface area (Å²) in [6, 6.07) is 5.84. The summed E-state index contributed by atoms with van der Waals surface area (Å²) in [4.78, 5) is 22.2. The SMILES string of the molecule is CCCn1c(C)nnc1SCC(=O)Nc1cccc([N+](=O)[O-])c1. The van der Waals surface area contributed by atoms with E-state index in [2.05, 4.69) is 22.4 Å². The van der Waals surface area contributed by atoms with E-state index in [0.29, 0.717) is 10.8 Å². The van der Waals surface area contributed by atoms with Crippen LogP contribution in [-0.2, 0) is 11.3 Å². The monoisotopic (exact) mass is 335 g/mol. The Hall–Kier alpha value is -2.42. The fourth-order valence-electron chi connectivity index (χ4n) is 1.97. The van der Waals surface area contributed by atoms with E-state index in [9.17, 15) is 14.9 Å². The Morgan fingerprint density at radius 3 is 2.91 bits per heavy atom. The van der Waals surface area contributed by atoms with Crippen molar-refractivity contribution in [1.29, 1.82) is 0 Å². The quantitative estimate of drug-likeness (QED) is 0.474. The second kappa shape index (κ2) is 7.73. The smallest absolute Gasteiger partial charge is 0.271 e. The molecular formula is C14H17N5O3S. The fraction of sp³-hybridized carbons (Fsp3) is 0.357. The van der Waals surface area contributed by atoms with Gasteiger partial charge in [-0.3, -0.25) is 14.9 Å². The Bertz CT molecular complexity index is 716. The first-order valence-corrected chi connectivity index (χ1v) is 8.06. The van der Waals surface area contributed by atoms with Crippen molar-refractivity contribution in [1.82, 2.24) is 14.8 Å². The summed E-state index contributed by atoms with van der Waals surface area (Å²) in [6.45, 7) is 4.73. The van der Waals surface area contributed by atoms with Gasteiger partial charge in [-0.25, -0.2) is 0 Å². The summed E-state index contributed by atoms with van der Waals surface area (Å²) in [5.74, 6) is 0.720. The Balaban J connectivity index is 1.95. The van der Waals surface area contributed by atoms with Crippen molar-refractivity contribution in [3.05, 3.63) is 40.2 Å². The van der Waals surface area contributed by atoms with Crippen LogP contribution < -0.4 is 5.32 Å². The summed E-state index contributed by atoms with van der Waals surface area (Å²) >= 11 is 1.29. The number of carbonyl (C=O) groups is 1. The van der Waals surface area contributed by atoms with Gasteiger partial charge in [-0.15, -0.1) is 10.2 Å². The summed E-state index contributed by atoms with van der Waals surface area (Å²) in [5, 5.41) is 22.1. The summed E-state index contributed by atoms with van der Waals surface area (Å²) < 4.78 is 1.96. The zero-order chi connectivity index (χ0) is 16.8. The normalized spacial score (nSPS) is 10.5. The molecular weight excluding hydrogens is 318 g/mol. The minimum Gasteiger partial charge on any atom is -0.325 e. The third-order valence-corrected chi connectivity index (χ3v) is 3.99. The predicted octanol–water partition coefficient (Wildman–Crippen LogP) is 2.64. The molecule has 0 radical (unpaired) electrons. The van der Waals surface area contributed by atoms with Crippen LogP contribution in [0.25, 0.3) is 0 Å². The van der Waals surface area contributed by atoms with Gasteiger partial charge in [0.1, 0.15) is 5.82 Å². The maximum absolute atomic E-state index is 12.0. The van der Waals surface area contributed by atoms with Gasteiger partial charge in [-0.05, 0) is 19.4 Å². The molecule has 0 spiro atoms. The molecule has 0 saturated carbocycles. The van der Waals surface area contributed by atoms with Crippen LogP contribution in [0.3, 0.4) is 0 Å². The molecule has 1 aromatic carbocycles. The van der Waals surface area contributed by atoms with Crippen molar-refractivity contribution in [2.45, 2.75) is 32.0 Å². The van der Waals surface area contributed by atoms with Gasteiger partial charge in [0.15, 0.2) is 5.16 Å². The number of hydrogen-bond donors (Lipinski definition) is 1. The number of nitro groups is 1. The summed E-state index contributed by atoms with van der Waals surface area (Å²) in [7, 11) is 0. The predicted molar refractivity (Wildman–Crippen MR) is 87.5 cm³/mol. The number of aromatic nitrogens is 3. The van der Waals surface area contributed by atoms with Gasteiger partial charge in [-0.1, -0.05) is 24.8 Å². The van der Waals surface area contributed by atoms with Crippen molar-refractivity contribution in [3.63, 3.8) is 0 Å². The molecule has 2 rings (SSSR count). The molecule has 2 aromatic rings. The number of hydrogen-bond acceptors (Lipinski definition) is 6. The highest BCUT2D eigenvalue weighted by molar-refractivity contribution is 7.99. The average molecular weight is 335 g/mol. The number of aryl methyl sites for hydroxylation is 1. The number of nitro benzene ring substituents is 1. The van der Waals surface area contributed by atoms with E-state index in [1.807, 2.05) is 11.5 Å². The van der Waals surface area contributed by atoms with E-state index in [0.717, 1.165) is 18.8 Å². The minimum atomic E-state index is -0.500. The molecule has 0 saturated heterocycles. The second-order valence-corrected chi connectivity index (χ2v) is 5.77. The average Bonchev–Trinajstić information content (AvgIpc) is 2.86. The highest BCUT2D eigenvalue weighted by Crippen LogP contribution is 2.20. The molecule has 0 aliphatic rings. The Labute approximate surface area is 137 Å². The number of benzene rings is 1. The molecule has 23 heavy (non-hydrogen) atoms. The van der Waals surface area contributed by atoms with Gasteiger partial charge in [-0.2, -0.15) is 0 Å². The number of rotatable bonds is 7. The van der Waals surface area contributed by atoms with Crippen LogP contribution in [0.2, 0.25) is 0 Å². The lowest BCUT2D eigenvalue weighted by atomic mass is 10.3.